The summed E-state index contributed by atoms with van der Waals surface area (Å²) in [4.78, 5) is 0. The van der Waals surface area contributed by atoms with Gasteiger partial charge in [-0.3, -0.25) is 0 Å². The Morgan fingerprint density at radius 3 is 2.95 bits per heavy atom. The molecule has 1 aliphatic heterocycles. The van der Waals surface area contributed by atoms with Crippen LogP contribution in [0.25, 0.3) is 0 Å². The second kappa shape index (κ2) is 6.32. The minimum atomic E-state index is -0.264. The minimum Gasteiger partial charge on any atom is -0.487 e. The summed E-state index contributed by atoms with van der Waals surface area (Å²) in [6, 6.07) is 5.25. The van der Waals surface area contributed by atoms with E-state index >= 15 is 0 Å². The topological polar surface area (TPSA) is 30.5 Å². The zero-order valence-corrected chi connectivity index (χ0v) is 12.7. The molecule has 4 heteroatoms. The first kappa shape index (κ1) is 14.8. The molecule has 1 N–H and O–H groups in total. The largest absolute Gasteiger partial charge is 0.487 e. The van der Waals surface area contributed by atoms with Crippen LogP contribution in [0, 0.1) is 5.82 Å². The van der Waals surface area contributed by atoms with E-state index in [-0.39, 0.29) is 17.5 Å². The molecule has 1 aliphatic carbocycles. The van der Waals surface area contributed by atoms with Gasteiger partial charge in [-0.1, -0.05) is 13.0 Å². The molecule has 116 valence electrons. The normalized spacial score (nSPS) is 23.8. The second-order valence-electron chi connectivity index (χ2n) is 6.16. The quantitative estimate of drug-likeness (QED) is 0.902. The summed E-state index contributed by atoms with van der Waals surface area (Å²) in [5, 5.41) is 3.19. The number of halogens is 1. The Bertz CT molecular complexity index is 488. The lowest BCUT2D eigenvalue weighted by Gasteiger charge is -2.46. The number of benzene rings is 1. The molecule has 21 heavy (non-hydrogen) atoms. The van der Waals surface area contributed by atoms with Crippen LogP contribution >= 0.6 is 0 Å². The van der Waals surface area contributed by atoms with Crippen LogP contribution in [-0.2, 0) is 11.3 Å². The second-order valence-corrected chi connectivity index (χ2v) is 6.16. The third-order valence-electron chi connectivity index (χ3n) is 4.58. The molecule has 1 aromatic rings. The van der Waals surface area contributed by atoms with Gasteiger partial charge in [-0.25, -0.2) is 4.39 Å². The molecule has 0 bridgehead atoms. The van der Waals surface area contributed by atoms with Gasteiger partial charge in [0.05, 0.1) is 12.2 Å². The minimum absolute atomic E-state index is 0.0321. The Hall–Kier alpha value is -1.13. The van der Waals surface area contributed by atoms with Crippen molar-refractivity contribution in [3.05, 3.63) is 29.6 Å². The molecule has 1 spiro atoms. The van der Waals surface area contributed by atoms with Crippen molar-refractivity contribution in [2.45, 2.75) is 57.3 Å². The van der Waals surface area contributed by atoms with Crippen LogP contribution in [0.2, 0.25) is 0 Å². The summed E-state index contributed by atoms with van der Waals surface area (Å²) in [6.45, 7) is 4.33. The Morgan fingerprint density at radius 2 is 2.29 bits per heavy atom. The molecule has 1 aromatic carbocycles. The van der Waals surface area contributed by atoms with Crippen molar-refractivity contribution in [3.8, 4) is 5.75 Å². The van der Waals surface area contributed by atoms with Gasteiger partial charge in [-0.2, -0.15) is 0 Å². The highest BCUT2D eigenvalue weighted by molar-refractivity contribution is 5.29. The van der Waals surface area contributed by atoms with Crippen molar-refractivity contribution >= 4 is 0 Å². The lowest BCUT2D eigenvalue weighted by atomic mass is 9.74. The average Bonchev–Trinajstić information content (AvgIpc) is 2.46. The maximum Gasteiger partial charge on any atom is 0.165 e. The summed E-state index contributed by atoms with van der Waals surface area (Å²) >= 11 is 0. The number of hydrogen-bond acceptors (Lipinski definition) is 3. The van der Waals surface area contributed by atoms with E-state index in [0.29, 0.717) is 12.3 Å². The fourth-order valence-electron chi connectivity index (χ4n) is 3.20. The third-order valence-corrected chi connectivity index (χ3v) is 4.58. The van der Waals surface area contributed by atoms with Gasteiger partial charge in [-0.05, 0) is 43.5 Å². The zero-order valence-electron chi connectivity index (χ0n) is 12.7. The number of ether oxygens (including phenoxy) is 2. The monoisotopic (exact) mass is 293 g/mol. The van der Waals surface area contributed by atoms with E-state index < -0.39 is 0 Å². The van der Waals surface area contributed by atoms with Crippen molar-refractivity contribution in [2.24, 2.45) is 0 Å². The van der Waals surface area contributed by atoms with Crippen LogP contribution in [0.5, 0.6) is 5.75 Å². The van der Waals surface area contributed by atoms with E-state index in [9.17, 15) is 4.39 Å². The highest BCUT2D eigenvalue weighted by Crippen LogP contribution is 2.43. The van der Waals surface area contributed by atoms with Gasteiger partial charge >= 0.3 is 0 Å². The third kappa shape index (κ3) is 3.38. The van der Waals surface area contributed by atoms with Crippen molar-refractivity contribution in [3.63, 3.8) is 0 Å². The summed E-state index contributed by atoms with van der Waals surface area (Å²) in [7, 11) is 0. The average molecular weight is 293 g/mol. The van der Waals surface area contributed by atoms with Crippen LogP contribution < -0.4 is 10.1 Å². The van der Waals surface area contributed by atoms with Gasteiger partial charge in [0.1, 0.15) is 6.10 Å². The van der Waals surface area contributed by atoms with Crippen molar-refractivity contribution in [2.75, 3.05) is 13.2 Å². The van der Waals surface area contributed by atoms with Gasteiger partial charge in [0.25, 0.3) is 0 Å². The highest BCUT2D eigenvalue weighted by atomic mass is 19.1. The van der Waals surface area contributed by atoms with Crippen LogP contribution in [0.4, 0.5) is 4.39 Å². The number of rotatable bonds is 5. The molecule has 1 atom stereocenters. The molecule has 3 nitrogen and oxygen atoms in total. The van der Waals surface area contributed by atoms with E-state index in [1.54, 1.807) is 12.1 Å². The Kier molecular flexibility index (Phi) is 4.45. The maximum atomic E-state index is 14.1. The van der Waals surface area contributed by atoms with Gasteiger partial charge in [0.15, 0.2) is 11.6 Å². The molecule has 0 radical (unpaired) electrons. The molecule has 1 heterocycles. The zero-order chi connectivity index (χ0) is 14.7. The summed E-state index contributed by atoms with van der Waals surface area (Å²) < 4.78 is 25.9. The van der Waals surface area contributed by atoms with E-state index in [1.807, 2.05) is 13.0 Å². The number of nitrogens with one attached hydrogen (secondary N) is 1. The number of hydrogen-bond donors (Lipinski definition) is 1. The summed E-state index contributed by atoms with van der Waals surface area (Å²) in [6.07, 6.45) is 5.30. The lowest BCUT2D eigenvalue weighted by Crippen LogP contribution is -2.48. The van der Waals surface area contributed by atoms with E-state index in [2.05, 4.69) is 5.32 Å². The molecule has 2 fully saturated rings. The van der Waals surface area contributed by atoms with Crippen LogP contribution in [-0.4, -0.2) is 24.9 Å². The molecule has 1 saturated carbocycles. The first-order valence-electron chi connectivity index (χ1n) is 8.00. The molecular formula is C17H24FNO2. The van der Waals surface area contributed by atoms with Crippen molar-refractivity contribution in [1.82, 2.24) is 5.32 Å². The fourth-order valence-corrected chi connectivity index (χ4v) is 3.20. The molecule has 1 unspecified atom stereocenters. The summed E-state index contributed by atoms with van der Waals surface area (Å²) in [5.74, 6) is 0.108. The smallest absolute Gasteiger partial charge is 0.165 e. The van der Waals surface area contributed by atoms with Crippen LogP contribution in [0.15, 0.2) is 18.2 Å². The maximum absolute atomic E-state index is 14.1. The molecule has 3 rings (SSSR count). The van der Waals surface area contributed by atoms with Gasteiger partial charge in [0, 0.05) is 19.4 Å². The predicted octanol–water partition coefficient (Wildman–Crippen LogP) is 3.42. The lowest BCUT2D eigenvalue weighted by molar-refractivity contribution is -0.153. The SMILES string of the molecule is CCNCc1ccc(OC2CCOC3(CCC3)C2)c(F)c1. The van der Waals surface area contributed by atoms with E-state index in [0.717, 1.165) is 44.4 Å². The standard InChI is InChI=1S/C17H24FNO2/c1-2-19-12-13-4-5-16(15(18)10-13)21-14-6-9-20-17(11-14)7-3-8-17/h4-5,10,14,19H,2-3,6-9,11-12H2,1H3. The molecule has 0 aromatic heterocycles. The molecule has 2 aliphatic rings. The van der Waals surface area contributed by atoms with Crippen LogP contribution in [0.3, 0.4) is 0 Å². The fraction of sp³-hybridized carbons (Fsp3) is 0.647. The van der Waals surface area contributed by atoms with Crippen molar-refractivity contribution in [1.29, 1.82) is 0 Å². The molecule has 1 saturated heterocycles. The Morgan fingerprint density at radius 1 is 1.43 bits per heavy atom. The Balaban J connectivity index is 1.61. The van der Waals surface area contributed by atoms with Crippen molar-refractivity contribution < 1.29 is 13.9 Å². The first-order chi connectivity index (χ1) is 10.2. The molecular weight excluding hydrogens is 269 g/mol. The van der Waals surface area contributed by atoms with Gasteiger partial charge in [0.2, 0.25) is 0 Å². The van der Waals surface area contributed by atoms with Gasteiger partial charge in [-0.15, -0.1) is 0 Å². The molecule has 0 amide bonds. The van der Waals surface area contributed by atoms with Gasteiger partial charge < -0.3 is 14.8 Å². The first-order valence-corrected chi connectivity index (χ1v) is 8.00. The summed E-state index contributed by atoms with van der Waals surface area (Å²) in [5.41, 5.74) is 0.980. The predicted molar refractivity (Wildman–Crippen MR) is 80.0 cm³/mol. The highest BCUT2D eigenvalue weighted by Gasteiger charge is 2.43. The van der Waals surface area contributed by atoms with E-state index in [1.165, 1.54) is 6.42 Å². The van der Waals surface area contributed by atoms with E-state index in [4.69, 9.17) is 9.47 Å². The van der Waals surface area contributed by atoms with Crippen LogP contribution in [0.1, 0.15) is 44.6 Å². The Labute approximate surface area is 125 Å².